The standard InChI is InChI=1S/C12H21N3O/c1-9(2)15-5-3-11(14-15)7-12(13)10-4-6-16-8-10/h3,5,9-10,12H,4,6-8,13H2,1-2H3. The number of nitrogens with two attached hydrogens (primary N) is 1. The van der Waals surface area contributed by atoms with E-state index in [2.05, 4.69) is 25.0 Å². The Balaban J connectivity index is 1.92. The third kappa shape index (κ3) is 2.62. The van der Waals surface area contributed by atoms with Crippen LogP contribution in [0.15, 0.2) is 12.3 Å². The normalized spacial score (nSPS) is 22.9. The summed E-state index contributed by atoms with van der Waals surface area (Å²) in [5.74, 6) is 0.504. The summed E-state index contributed by atoms with van der Waals surface area (Å²) in [6.07, 6.45) is 3.97. The Morgan fingerprint density at radius 2 is 2.44 bits per heavy atom. The zero-order valence-electron chi connectivity index (χ0n) is 10.1. The Morgan fingerprint density at radius 3 is 3.00 bits per heavy atom. The molecule has 1 aliphatic rings. The Hall–Kier alpha value is -0.870. The van der Waals surface area contributed by atoms with E-state index in [0.29, 0.717) is 12.0 Å². The molecule has 0 bridgehead atoms. The predicted molar refractivity (Wildman–Crippen MR) is 63.2 cm³/mol. The van der Waals surface area contributed by atoms with Gasteiger partial charge in [-0.2, -0.15) is 5.10 Å². The number of aromatic nitrogens is 2. The van der Waals surface area contributed by atoms with Gasteiger partial charge in [0.1, 0.15) is 0 Å². The van der Waals surface area contributed by atoms with Crippen LogP contribution < -0.4 is 5.73 Å². The highest BCUT2D eigenvalue weighted by molar-refractivity contribution is 5.02. The minimum Gasteiger partial charge on any atom is -0.381 e. The third-order valence-electron chi connectivity index (χ3n) is 3.21. The van der Waals surface area contributed by atoms with E-state index in [-0.39, 0.29) is 6.04 Å². The second-order valence-corrected chi connectivity index (χ2v) is 4.87. The maximum Gasteiger partial charge on any atom is 0.0640 e. The third-order valence-corrected chi connectivity index (χ3v) is 3.21. The highest BCUT2D eigenvalue weighted by Gasteiger charge is 2.23. The van der Waals surface area contributed by atoms with Gasteiger partial charge in [-0.15, -0.1) is 0 Å². The molecule has 0 radical (unpaired) electrons. The lowest BCUT2D eigenvalue weighted by molar-refractivity contribution is 0.180. The van der Waals surface area contributed by atoms with Gasteiger partial charge >= 0.3 is 0 Å². The van der Waals surface area contributed by atoms with Crippen molar-refractivity contribution in [2.45, 2.75) is 38.8 Å². The smallest absolute Gasteiger partial charge is 0.0640 e. The number of ether oxygens (including phenoxy) is 1. The lowest BCUT2D eigenvalue weighted by Gasteiger charge is -2.16. The zero-order chi connectivity index (χ0) is 11.5. The summed E-state index contributed by atoms with van der Waals surface area (Å²) in [5, 5.41) is 4.52. The molecule has 0 aliphatic carbocycles. The van der Waals surface area contributed by atoms with Crippen molar-refractivity contribution in [2.24, 2.45) is 11.7 Å². The van der Waals surface area contributed by atoms with Crippen LogP contribution in [0.3, 0.4) is 0 Å². The van der Waals surface area contributed by atoms with Gasteiger partial charge in [0, 0.05) is 31.3 Å². The van der Waals surface area contributed by atoms with Gasteiger partial charge in [-0.05, 0) is 32.3 Å². The summed E-state index contributed by atoms with van der Waals surface area (Å²) in [5.41, 5.74) is 7.26. The van der Waals surface area contributed by atoms with E-state index in [0.717, 1.165) is 31.7 Å². The van der Waals surface area contributed by atoms with Gasteiger partial charge in [0.15, 0.2) is 0 Å². The van der Waals surface area contributed by atoms with Crippen LogP contribution in [-0.2, 0) is 11.2 Å². The molecule has 2 N–H and O–H groups in total. The second-order valence-electron chi connectivity index (χ2n) is 4.87. The van der Waals surface area contributed by atoms with Crippen LogP contribution in [0.4, 0.5) is 0 Å². The van der Waals surface area contributed by atoms with E-state index in [1.807, 2.05) is 10.9 Å². The van der Waals surface area contributed by atoms with Crippen molar-refractivity contribution in [1.82, 2.24) is 9.78 Å². The number of rotatable bonds is 4. The molecule has 1 aromatic heterocycles. The molecule has 2 unspecified atom stereocenters. The average Bonchev–Trinajstić information content (AvgIpc) is 2.87. The summed E-state index contributed by atoms with van der Waals surface area (Å²) < 4.78 is 7.33. The summed E-state index contributed by atoms with van der Waals surface area (Å²) in [6.45, 7) is 5.92. The van der Waals surface area contributed by atoms with E-state index in [1.54, 1.807) is 0 Å². The second kappa shape index (κ2) is 4.97. The van der Waals surface area contributed by atoms with Crippen molar-refractivity contribution in [3.8, 4) is 0 Å². The van der Waals surface area contributed by atoms with Gasteiger partial charge in [0.05, 0.1) is 12.3 Å². The van der Waals surface area contributed by atoms with Crippen LogP contribution in [0.5, 0.6) is 0 Å². The van der Waals surface area contributed by atoms with Crippen LogP contribution in [-0.4, -0.2) is 29.0 Å². The number of hydrogen-bond donors (Lipinski definition) is 1. The Kier molecular flexibility index (Phi) is 3.61. The molecule has 1 fully saturated rings. The topological polar surface area (TPSA) is 53.1 Å². The molecule has 1 aliphatic heterocycles. The molecule has 2 heterocycles. The predicted octanol–water partition coefficient (Wildman–Crippen LogP) is 1.37. The first kappa shape index (κ1) is 11.6. The van der Waals surface area contributed by atoms with Gasteiger partial charge in [-0.3, -0.25) is 4.68 Å². The van der Waals surface area contributed by atoms with Gasteiger partial charge in [0.25, 0.3) is 0 Å². The van der Waals surface area contributed by atoms with Crippen molar-refractivity contribution in [1.29, 1.82) is 0 Å². The van der Waals surface area contributed by atoms with Crippen LogP contribution in [0, 0.1) is 5.92 Å². The summed E-state index contributed by atoms with van der Waals surface area (Å²) in [4.78, 5) is 0. The van der Waals surface area contributed by atoms with E-state index in [1.165, 1.54) is 0 Å². The maximum absolute atomic E-state index is 6.17. The van der Waals surface area contributed by atoms with Crippen molar-refractivity contribution in [2.75, 3.05) is 13.2 Å². The zero-order valence-corrected chi connectivity index (χ0v) is 10.1. The molecular weight excluding hydrogens is 202 g/mol. The molecule has 4 nitrogen and oxygen atoms in total. The summed E-state index contributed by atoms with van der Waals surface area (Å²) >= 11 is 0. The largest absolute Gasteiger partial charge is 0.381 e. The first-order valence-electron chi connectivity index (χ1n) is 6.04. The minimum absolute atomic E-state index is 0.179. The van der Waals surface area contributed by atoms with E-state index in [4.69, 9.17) is 10.5 Å². The van der Waals surface area contributed by atoms with Gasteiger partial charge in [-0.1, -0.05) is 0 Å². The van der Waals surface area contributed by atoms with Crippen molar-refractivity contribution < 1.29 is 4.74 Å². The van der Waals surface area contributed by atoms with Crippen molar-refractivity contribution in [3.63, 3.8) is 0 Å². The highest BCUT2D eigenvalue weighted by atomic mass is 16.5. The molecule has 4 heteroatoms. The molecule has 2 rings (SSSR count). The fourth-order valence-electron chi connectivity index (χ4n) is 2.07. The highest BCUT2D eigenvalue weighted by Crippen LogP contribution is 2.18. The molecule has 16 heavy (non-hydrogen) atoms. The quantitative estimate of drug-likeness (QED) is 0.838. The van der Waals surface area contributed by atoms with Crippen LogP contribution in [0.25, 0.3) is 0 Å². The Bertz CT molecular complexity index is 329. The molecule has 90 valence electrons. The van der Waals surface area contributed by atoms with E-state index < -0.39 is 0 Å². The molecule has 1 saturated heterocycles. The molecule has 0 spiro atoms. The first-order valence-corrected chi connectivity index (χ1v) is 6.04. The van der Waals surface area contributed by atoms with Crippen LogP contribution in [0.1, 0.15) is 32.0 Å². The SMILES string of the molecule is CC(C)n1ccc(CC(N)C2CCOC2)n1. The van der Waals surface area contributed by atoms with E-state index >= 15 is 0 Å². The molecule has 0 amide bonds. The fourth-order valence-corrected chi connectivity index (χ4v) is 2.07. The minimum atomic E-state index is 0.179. The molecule has 2 atom stereocenters. The fraction of sp³-hybridized carbons (Fsp3) is 0.750. The maximum atomic E-state index is 6.17. The first-order chi connectivity index (χ1) is 7.66. The lowest BCUT2D eigenvalue weighted by Crippen LogP contribution is -2.32. The summed E-state index contributed by atoms with van der Waals surface area (Å²) in [7, 11) is 0. The average molecular weight is 223 g/mol. The lowest BCUT2D eigenvalue weighted by atomic mass is 9.96. The van der Waals surface area contributed by atoms with Gasteiger partial charge in [-0.25, -0.2) is 0 Å². The molecule has 0 saturated carbocycles. The monoisotopic (exact) mass is 223 g/mol. The Morgan fingerprint density at radius 1 is 1.62 bits per heavy atom. The Labute approximate surface area is 96.8 Å². The molecule has 1 aromatic rings. The van der Waals surface area contributed by atoms with Gasteiger partial charge in [0.2, 0.25) is 0 Å². The number of hydrogen-bond acceptors (Lipinski definition) is 3. The van der Waals surface area contributed by atoms with Crippen LogP contribution >= 0.6 is 0 Å². The van der Waals surface area contributed by atoms with Gasteiger partial charge < -0.3 is 10.5 Å². The molecule has 0 aromatic carbocycles. The molecular formula is C12H21N3O. The van der Waals surface area contributed by atoms with Crippen molar-refractivity contribution >= 4 is 0 Å². The summed E-state index contributed by atoms with van der Waals surface area (Å²) in [6, 6.07) is 2.66. The van der Waals surface area contributed by atoms with Crippen LogP contribution in [0.2, 0.25) is 0 Å². The van der Waals surface area contributed by atoms with E-state index in [9.17, 15) is 0 Å². The number of nitrogens with zero attached hydrogens (tertiary/aromatic N) is 2. The van der Waals surface area contributed by atoms with Crippen molar-refractivity contribution in [3.05, 3.63) is 18.0 Å².